The number of amides is 1. The lowest BCUT2D eigenvalue weighted by Crippen LogP contribution is -2.50. The van der Waals surface area contributed by atoms with Gasteiger partial charge in [0.15, 0.2) is 0 Å². The van der Waals surface area contributed by atoms with Gasteiger partial charge in [-0.1, -0.05) is 38.5 Å². The van der Waals surface area contributed by atoms with Gasteiger partial charge in [-0.2, -0.15) is 5.10 Å². The van der Waals surface area contributed by atoms with Gasteiger partial charge in [-0.15, -0.1) is 0 Å². The lowest BCUT2D eigenvalue weighted by atomic mass is 9.65. The lowest BCUT2D eigenvalue weighted by molar-refractivity contribution is -0.133. The summed E-state index contributed by atoms with van der Waals surface area (Å²) in [4.78, 5) is 18.4. The average Bonchev–Trinajstić information content (AvgIpc) is 3.22. The molecule has 0 spiro atoms. The van der Waals surface area contributed by atoms with Crippen LogP contribution in [-0.4, -0.2) is 46.2 Å². The third-order valence-corrected chi connectivity index (χ3v) is 7.18. The molecule has 1 aliphatic carbocycles. The number of carbonyl (C=O) groups is 1. The quantitative estimate of drug-likeness (QED) is 0.560. The summed E-state index contributed by atoms with van der Waals surface area (Å²) in [6, 6.07) is 12.0. The van der Waals surface area contributed by atoms with Crippen LogP contribution in [-0.2, 0) is 16.9 Å². The van der Waals surface area contributed by atoms with Crippen molar-refractivity contribution in [2.45, 2.75) is 45.3 Å². The fourth-order valence-corrected chi connectivity index (χ4v) is 5.51. The molecule has 1 fully saturated rings. The van der Waals surface area contributed by atoms with Crippen molar-refractivity contribution in [2.24, 2.45) is 17.6 Å². The summed E-state index contributed by atoms with van der Waals surface area (Å²) in [7, 11) is 1.79. The number of nitrogens with two attached hydrogens (primary N) is 1. The molecule has 0 bridgehead atoms. The zero-order valence-corrected chi connectivity index (χ0v) is 19.2. The molecule has 0 saturated heterocycles. The van der Waals surface area contributed by atoms with E-state index in [1.165, 1.54) is 5.39 Å². The zero-order valence-electron chi connectivity index (χ0n) is 19.2. The smallest absolute Gasteiger partial charge is 0.267 e. The van der Waals surface area contributed by atoms with Gasteiger partial charge in [0.2, 0.25) is 0 Å². The summed E-state index contributed by atoms with van der Waals surface area (Å²) < 4.78 is 6.35. The second-order valence-corrected chi connectivity index (χ2v) is 8.86. The number of pyridine rings is 1. The largest absolute Gasteiger partial charge is 0.373 e. The van der Waals surface area contributed by atoms with Crippen LogP contribution in [0.3, 0.4) is 0 Å². The third kappa shape index (κ3) is 4.02. The highest BCUT2D eigenvalue weighted by Gasteiger charge is 2.48. The van der Waals surface area contributed by atoms with Gasteiger partial charge < -0.3 is 10.5 Å². The molecule has 1 saturated carbocycles. The summed E-state index contributed by atoms with van der Waals surface area (Å²) in [6.45, 7) is 7.00. The van der Waals surface area contributed by atoms with Crippen molar-refractivity contribution in [2.75, 3.05) is 20.2 Å². The molecule has 1 aromatic carbocycles. The van der Waals surface area contributed by atoms with Gasteiger partial charge in [0.05, 0.1) is 16.8 Å². The number of methoxy groups -OCH3 is 1. The molecule has 1 amide bonds. The van der Waals surface area contributed by atoms with Crippen molar-refractivity contribution in [3.63, 3.8) is 0 Å². The minimum absolute atomic E-state index is 0.268. The van der Waals surface area contributed by atoms with Crippen LogP contribution in [0.4, 0.5) is 0 Å². The van der Waals surface area contributed by atoms with E-state index in [0.717, 1.165) is 55.7 Å². The number of ether oxygens (including phenoxy) is 1. The van der Waals surface area contributed by atoms with E-state index in [9.17, 15) is 4.79 Å². The van der Waals surface area contributed by atoms with Gasteiger partial charge in [-0.25, -0.2) is 0 Å². The van der Waals surface area contributed by atoms with Gasteiger partial charge in [-0.05, 0) is 49.1 Å². The highest BCUT2D eigenvalue weighted by molar-refractivity contribution is 5.90. The molecule has 3 unspecified atom stereocenters. The van der Waals surface area contributed by atoms with E-state index >= 15 is 0 Å². The molecular weight excluding hydrogens is 402 g/mol. The molecule has 2 heterocycles. The minimum atomic E-state index is -0.515. The van der Waals surface area contributed by atoms with Crippen molar-refractivity contribution in [3.05, 3.63) is 59.5 Å². The Morgan fingerprint density at radius 1 is 1.31 bits per heavy atom. The molecule has 7 nitrogen and oxygen atoms in total. The molecule has 1 aliphatic rings. The molecule has 7 heteroatoms. The Kier molecular flexibility index (Phi) is 6.58. The predicted molar refractivity (Wildman–Crippen MR) is 125 cm³/mol. The Hall–Kier alpha value is -2.77. The first-order chi connectivity index (χ1) is 15.5. The number of aromatic amines is 1. The molecule has 32 heavy (non-hydrogen) atoms. The Morgan fingerprint density at radius 3 is 2.88 bits per heavy atom. The SMILES string of the molecule is CCN(Cc1n[nH]c2ccccc12)CC1CCCC(C)C1(OC)c1ccnc(C(N)=O)c1. The number of para-hydroxylation sites is 1. The highest BCUT2D eigenvalue weighted by atomic mass is 16.5. The molecule has 0 aliphatic heterocycles. The number of fused-ring (bicyclic) bond motifs is 1. The number of aromatic nitrogens is 3. The second kappa shape index (κ2) is 9.38. The van der Waals surface area contributed by atoms with Gasteiger partial charge in [0.1, 0.15) is 5.69 Å². The van der Waals surface area contributed by atoms with E-state index in [-0.39, 0.29) is 11.6 Å². The Balaban J connectivity index is 1.65. The van der Waals surface area contributed by atoms with Crippen LogP contribution in [0.1, 0.15) is 54.9 Å². The van der Waals surface area contributed by atoms with Crippen LogP contribution in [0.2, 0.25) is 0 Å². The maximum atomic E-state index is 11.8. The van der Waals surface area contributed by atoms with Crippen LogP contribution in [0.15, 0.2) is 42.6 Å². The number of carbonyl (C=O) groups excluding carboxylic acids is 1. The van der Waals surface area contributed by atoms with Crippen molar-refractivity contribution in [3.8, 4) is 0 Å². The number of nitrogens with zero attached hydrogens (tertiary/aromatic N) is 3. The van der Waals surface area contributed by atoms with Gasteiger partial charge in [-0.3, -0.25) is 19.8 Å². The summed E-state index contributed by atoms with van der Waals surface area (Å²) in [6.07, 6.45) is 4.97. The van der Waals surface area contributed by atoms with Gasteiger partial charge in [0.25, 0.3) is 5.91 Å². The van der Waals surface area contributed by atoms with E-state index in [1.54, 1.807) is 13.3 Å². The van der Waals surface area contributed by atoms with Crippen molar-refractivity contribution in [1.82, 2.24) is 20.1 Å². The van der Waals surface area contributed by atoms with E-state index in [4.69, 9.17) is 10.5 Å². The highest BCUT2D eigenvalue weighted by Crippen LogP contribution is 2.48. The van der Waals surface area contributed by atoms with Crippen LogP contribution in [0.5, 0.6) is 0 Å². The van der Waals surface area contributed by atoms with E-state index in [2.05, 4.69) is 52.1 Å². The maximum absolute atomic E-state index is 11.8. The van der Waals surface area contributed by atoms with Crippen LogP contribution < -0.4 is 5.73 Å². The van der Waals surface area contributed by atoms with Crippen molar-refractivity contribution >= 4 is 16.8 Å². The topological polar surface area (TPSA) is 97.1 Å². The molecule has 170 valence electrons. The lowest BCUT2D eigenvalue weighted by Gasteiger charge is -2.49. The van der Waals surface area contributed by atoms with E-state index < -0.39 is 11.5 Å². The van der Waals surface area contributed by atoms with Crippen LogP contribution in [0, 0.1) is 11.8 Å². The summed E-state index contributed by atoms with van der Waals surface area (Å²) in [5.74, 6) is 0.0579. The number of rotatable bonds is 8. The molecule has 4 rings (SSSR count). The third-order valence-electron chi connectivity index (χ3n) is 7.18. The first-order valence-corrected chi connectivity index (χ1v) is 11.4. The standard InChI is InChI=1S/C25H33N5O2/c1-4-30(16-23-20-10-5-6-11-21(20)28-29-23)15-19-9-7-8-17(2)25(19,32-3)18-12-13-27-22(14-18)24(26)31/h5-6,10-14,17,19H,4,7-9,15-16H2,1-3H3,(H2,26,31)(H,28,29). The molecule has 3 atom stereocenters. The molecule has 3 aromatic rings. The first kappa shape index (κ1) is 22.4. The van der Waals surface area contributed by atoms with Crippen molar-refractivity contribution in [1.29, 1.82) is 0 Å². The minimum Gasteiger partial charge on any atom is -0.373 e. The number of primary amides is 1. The molecule has 0 radical (unpaired) electrons. The van der Waals surface area contributed by atoms with E-state index in [1.807, 2.05) is 18.2 Å². The Labute approximate surface area is 189 Å². The molecular formula is C25H33N5O2. The number of hydrogen-bond acceptors (Lipinski definition) is 5. The number of hydrogen-bond donors (Lipinski definition) is 2. The molecule has 2 aromatic heterocycles. The van der Waals surface area contributed by atoms with E-state index in [0.29, 0.717) is 5.92 Å². The Bertz CT molecular complexity index is 1080. The monoisotopic (exact) mass is 435 g/mol. The fraction of sp³-hybridized carbons (Fsp3) is 0.480. The predicted octanol–water partition coefficient (Wildman–Crippen LogP) is 3.86. The summed E-state index contributed by atoms with van der Waals surface area (Å²) >= 11 is 0. The average molecular weight is 436 g/mol. The molecule has 3 N–H and O–H groups in total. The zero-order chi connectivity index (χ0) is 22.7. The number of nitrogens with one attached hydrogen (secondary N) is 1. The summed E-state index contributed by atoms with van der Waals surface area (Å²) in [5.41, 5.74) is 8.43. The second-order valence-electron chi connectivity index (χ2n) is 8.86. The number of H-pyrrole nitrogens is 1. The van der Waals surface area contributed by atoms with Crippen LogP contribution in [0.25, 0.3) is 10.9 Å². The maximum Gasteiger partial charge on any atom is 0.267 e. The summed E-state index contributed by atoms with van der Waals surface area (Å²) in [5, 5.41) is 8.89. The number of benzene rings is 1. The fourth-order valence-electron chi connectivity index (χ4n) is 5.51. The van der Waals surface area contributed by atoms with Crippen LogP contribution >= 0.6 is 0 Å². The first-order valence-electron chi connectivity index (χ1n) is 11.4. The normalized spacial score (nSPS) is 23.6. The van der Waals surface area contributed by atoms with Gasteiger partial charge >= 0.3 is 0 Å². The Morgan fingerprint density at radius 2 is 2.12 bits per heavy atom. The van der Waals surface area contributed by atoms with Gasteiger partial charge in [0, 0.05) is 37.7 Å². The van der Waals surface area contributed by atoms with Crippen molar-refractivity contribution < 1.29 is 9.53 Å².